The maximum absolute atomic E-state index is 13.0. The number of nitriles is 1. The first-order chi connectivity index (χ1) is 9.20. The van der Waals surface area contributed by atoms with Gasteiger partial charge in [0.25, 0.3) is 0 Å². The molecule has 0 unspecified atom stereocenters. The van der Waals surface area contributed by atoms with Crippen LogP contribution in [-0.4, -0.2) is 10.9 Å². The molecule has 98 valence electrons. The van der Waals surface area contributed by atoms with Gasteiger partial charge in [-0.3, -0.25) is 0 Å². The second-order valence-corrected chi connectivity index (χ2v) is 5.08. The molecule has 1 N–H and O–H groups in total. The van der Waals surface area contributed by atoms with E-state index in [1.54, 1.807) is 6.07 Å². The lowest BCUT2D eigenvalue weighted by Gasteiger charge is -2.04. The molecule has 3 nitrogen and oxygen atoms in total. The van der Waals surface area contributed by atoms with Gasteiger partial charge in [0, 0.05) is 6.54 Å². The van der Waals surface area contributed by atoms with Crippen LogP contribution in [-0.2, 0) is 6.42 Å². The zero-order valence-electron chi connectivity index (χ0n) is 9.99. The standard InChI is InChI=1S/C13H11ClFN3S/c14-12-11(8-16)13(19-18-12)17-6-2-4-9-3-1-5-10(15)7-9/h1,3,5,7,17H,2,4,6H2. The van der Waals surface area contributed by atoms with Crippen LogP contribution >= 0.6 is 23.1 Å². The molecule has 1 aromatic carbocycles. The molecule has 6 heteroatoms. The van der Waals surface area contributed by atoms with Crippen molar-refractivity contribution in [2.75, 3.05) is 11.9 Å². The van der Waals surface area contributed by atoms with Gasteiger partial charge in [-0.1, -0.05) is 23.7 Å². The average Bonchev–Trinajstić information content (AvgIpc) is 2.75. The Balaban J connectivity index is 1.83. The van der Waals surface area contributed by atoms with Crippen LogP contribution in [0.25, 0.3) is 0 Å². The van der Waals surface area contributed by atoms with E-state index in [2.05, 4.69) is 9.69 Å². The van der Waals surface area contributed by atoms with Gasteiger partial charge >= 0.3 is 0 Å². The molecule has 1 aromatic heterocycles. The second kappa shape index (κ2) is 6.50. The van der Waals surface area contributed by atoms with Gasteiger partial charge in [0.1, 0.15) is 22.5 Å². The Bertz CT molecular complexity index is 606. The number of nitrogens with one attached hydrogen (secondary N) is 1. The lowest BCUT2D eigenvalue weighted by Crippen LogP contribution is -2.02. The summed E-state index contributed by atoms with van der Waals surface area (Å²) in [5, 5.41) is 13.0. The summed E-state index contributed by atoms with van der Waals surface area (Å²) in [6, 6.07) is 8.58. The van der Waals surface area contributed by atoms with Gasteiger partial charge in [-0.15, -0.1) is 0 Å². The highest BCUT2D eigenvalue weighted by Crippen LogP contribution is 2.27. The fraction of sp³-hybridized carbons (Fsp3) is 0.231. The minimum Gasteiger partial charge on any atom is -0.375 e. The summed E-state index contributed by atoms with van der Waals surface area (Å²) in [7, 11) is 0. The average molecular weight is 296 g/mol. The fourth-order valence-electron chi connectivity index (χ4n) is 1.68. The predicted octanol–water partition coefficient (Wildman–Crippen LogP) is 3.85. The van der Waals surface area contributed by atoms with E-state index in [0.717, 1.165) is 18.4 Å². The molecule has 0 amide bonds. The number of hydrogen-bond acceptors (Lipinski definition) is 4. The van der Waals surface area contributed by atoms with E-state index in [4.69, 9.17) is 16.9 Å². The number of halogens is 2. The summed E-state index contributed by atoms with van der Waals surface area (Å²) < 4.78 is 16.9. The number of rotatable bonds is 5. The first kappa shape index (κ1) is 13.8. The number of benzene rings is 1. The van der Waals surface area contributed by atoms with Crippen molar-refractivity contribution in [3.63, 3.8) is 0 Å². The molecule has 0 bridgehead atoms. The third-order valence-electron chi connectivity index (χ3n) is 2.58. The highest BCUT2D eigenvalue weighted by molar-refractivity contribution is 7.10. The molecule has 0 fully saturated rings. The van der Waals surface area contributed by atoms with E-state index >= 15 is 0 Å². The van der Waals surface area contributed by atoms with Crippen LogP contribution in [0.5, 0.6) is 0 Å². The lowest BCUT2D eigenvalue weighted by atomic mass is 10.1. The first-order valence-electron chi connectivity index (χ1n) is 5.74. The summed E-state index contributed by atoms with van der Waals surface area (Å²) in [5.41, 5.74) is 1.35. The minimum atomic E-state index is -0.216. The summed E-state index contributed by atoms with van der Waals surface area (Å²) in [4.78, 5) is 0. The van der Waals surface area contributed by atoms with Crippen LogP contribution in [0.1, 0.15) is 17.5 Å². The van der Waals surface area contributed by atoms with Crippen molar-refractivity contribution in [3.05, 3.63) is 46.4 Å². The fourth-order valence-corrected chi connectivity index (χ4v) is 2.63. The van der Waals surface area contributed by atoms with Crippen molar-refractivity contribution in [3.8, 4) is 6.07 Å². The van der Waals surface area contributed by atoms with Gasteiger partial charge in [-0.05, 0) is 42.1 Å². The van der Waals surface area contributed by atoms with Crippen molar-refractivity contribution in [2.24, 2.45) is 0 Å². The van der Waals surface area contributed by atoms with E-state index < -0.39 is 0 Å². The van der Waals surface area contributed by atoms with Crippen molar-refractivity contribution < 1.29 is 4.39 Å². The van der Waals surface area contributed by atoms with Crippen molar-refractivity contribution in [2.45, 2.75) is 12.8 Å². The molecule has 19 heavy (non-hydrogen) atoms. The van der Waals surface area contributed by atoms with Crippen LogP contribution < -0.4 is 5.32 Å². The number of aryl methyl sites for hydroxylation is 1. The Kier molecular flexibility index (Phi) is 4.72. The van der Waals surface area contributed by atoms with Gasteiger partial charge in [0.2, 0.25) is 0 Å². The Morgan fingerprint density at radius 1 is 1.47 bits per heavy atom. The maximum atomic E-state index is 13.0. The van der Waals surface area contributed by atoms with Crippen LogP contribution in [0.2, 0.25) is 5.15 Å². The molecule has 0 atom stereocenters. The summed E-state index contributed by atoms with van der Waals surface area (Å²) in [6.07, 6.45) is 1.61. The molecule has 0 aliphatic rings. The molecular weight excluding hydrogens is 285 g/mol. The number of aromatic nitrogens is 1. The maximum Gasteiger partial charge on any atom is 0.162 e. The largest absolute Gasteiger partial charge is 0.375 e. The normalized spacial score (nSPS) is 10.2. The highest BCUT2D eigenvalue weighted by Gasteiger charge is 2.10. The van der Waals surface area contributed by atoms with Crippen LogP contribution in [0, 0.1) is 17.1 Å². The molecule has 0 spiro atoms. The third kappa shape index (κ3) is 3.66. The van der Waals surface area contributed by atoms with Crippen molar-refractivity contribution >= 4 is 28.1 Å². The molecular formula is C13H11ClFN3S. The Labute approximate surface area is 119 Å². The van der Waals surface area contributed by atoms with Crippen LogP contribution in [0.3, 0.4) is 0 Å². The van der Waals surface area contributed by atoms with Crippen LogP contribution in [0.15, 0.2) is 24.3 Å². The van der Waals surface area contributed by atoms with E-state index in [9.17, 15) is 4.39 Å². The Morgan fingerprint density at radius 3 is 3.05 bits per heavy atom. The SMILES string of the molecule is N#Cc1c(Cl)nsc1NCCCc1cccc(F)c1. The van der Waals surface area contributed by atoms with Gasteiger partial charge < -0.3 is 5.32 Å². The Hall–Kier alpha value is -1.64. The molecule has 2 rings (SSSR count). The smallest absolute Gasteiger partial charge is 0.162 e. The number of hydrogen-bond donors (Lipinski definition) is 1. The second-order valence-electron chi connectivity index (χ2n) is 3.95. The minimum absolute atomic E-state index is 0.216. The van der Waals surface area contributed by atoms with Gasteiger partial charge in [-0.2, -0.15) is 9.64 Å². The first-order valence-corrected chi connectivity index (χ1v) is 6.89. The van der Waals surface area contributed by atoms with E-state index in [-0.39, 0.29) is 11.0 Å². The zero-order valence-corrected chi connectivity index (χ0v) is 11.6. The zero-order chi connectivity index (χ0) is 13.7. The van der Waals surface area contributed by atoms with Gasteiger partial charge in [-0.25, -0.2) is 4.39 Å². The molecule has 0 saturated heterocycles. The van der Waals surface area contributed by atoms with Gasteiger partial charge in [0.05, 0.1) is 0 Å². The third-order valence-corrected chi connectivity index (χ3v) is 3.76. The van der Waals surface area contributed by atoms with E-state index in [0.29, 0.717) is 17.1 Å². The van der Waals surface area contributed by atoms with Crippen molar-refractivity contribution in [1.82, 2.24) is 4.37 Å². The highest BCUT2D eigenvalue weighted by atomic mass is 35.5. The summed E-state index contributed by atoms with van der Waals surface area (Å²) >= 11 is 6.94. The molecule has 2 aromatic rings. The van der Waals surface area contributed by atoms with Gasteiger partial charge in [0.15, 0.2) is 5.15 Å². The molecule has 1 heterocycles. The molecule has 0 radical (unpaired) electrons. The Morgan fingerprint density at radius 2 is 2.32 bits per heavy atom. The lowest BCUT2D eigenvalue weighted by molar-refractivity contribution is 0.625. The quantitative estimate of drug-likeness (QED) is 0.852. The molecule has 0 aliphatic heterocycles. The van der Waals surface area contributed by atoms with Crippen molar-refractivity contribution in [1.29, 1.82) is 5.26 Å². The summed E-state index contributed by atoms with van der Waals surface area (Å²) in [6.45, 7) is 0.684. The monoisotopic (exact) mass is 295 g/mol. The number of anilines is 1. The van der Waals surface area contributed by atoms with E-state index in [1.807, 2.05) is 12.1 Å². The van der Waals surface area contributed by atoms with E-state index in [1.165, 1.54) is 23.7 Å². The molecule has 0 aliphatic carbocycles. The summed E-state index contributed by atoms with van der Waals surface area (Å²) in [5.74, 6) is -0.216. The predicted molar refractivity (Wildman–Crippen MR) is 75.0 cm³/mol. The molecule has 0 saturated carbocycles. The topological polar surface area (TPSA) is 48.7 Å². The van der Waals surface area contributed by atoms with Crippen LogP contribution in [0.4, 0.5) is 9.39 Å². The number of nitrogens with zero attached hydrogens (tertiary/aromatic N) is 2.